The predicted octanol–water partition coefficient (Wildman–Crippen LogP) is 1.60. The van der Waals surface area contributed by atoms with Gasteiger partial charge in [0.2, 0.25) is 0 Å². The Labute approximate surface area is 102 Å². The molecule has 7 heteroatoms. The fourth-order valence-electron chi connectivity index (χ4n) is 1.29. The zero-order valence-corrected chi connectivity index (χ0v) is 9.75. The average molecular weight is 252 g/mol. The van der Waals surface area contributed by atoms with Crippen LogP contribution in [0.4, 0.5) is 11.5 Å². The number of nitrogens with two attached hydrogens (primary N) is 1. The summed E-state index contributed by atoms with van der Waals surface area (Å²) >= 11 is 5.71. The molecule has 0 saturated heterocycles. The van der Waals surface area contributed by atoms with Gasteiger partial charge in [-0.3, -0.25) is 9.89 Å². The molecule has 0 saturated carbocycles. The molecule has 0 aliphatic rings. The molecule has 6 nitrogen and oxygen atoms in total. The van der Waals surface area contributed by atoms with Crippen molar-refractivity contribution in [3.05, 3.63) is 34.7 Å². The third kappa shape index (κ3) is 2.36. The standard InChI is InChI=1S/C10H10ClN5O/c1-5-3-14-16-9(5)15-10(17)6-2-8(11)13-4-7(6)12/h2-4H,12H2,1H3,(H2,14,15,16,17). The van der Waals surface area contributed by atoms with Gasteiger partial charge in [-0.1, -0.05) is 11.6 Å². The number of pyridine rings is 1. The summed E-state index contributed by atoms with van der Waals surface area (Å²) in [6.45, 7) is 1.82. The van der Waals surface area contributed by atoms with Gasteiger partial charge < -0.3 is 11.1 Å². The smallest absolute Gasteiger partial charge is 0.259 e. The molecule has 0 spiro atoms. The van der Waals surface area contributed by atoms with E-state index >= 15 is 0 Å². The normalized spacial score (nSPS) is 10.2. The second kappa shape index (κ2) is 4.42. The third-order valence-corrected chi connectivity index (χ3v) is 2.42. The maximum absolute atomic E-state index is 11.9. The number of carbonyl (C=O) groups is 1. The summed E-state index contributed by atoms with van der Waals surface area (Å²) in [5.41, 5.74) is 7.02. The van der Waals surface area contributed by atoms with E-state index in [0.29, 0.717) is 5.82 Å². The summed E-state index contributed by atoms with van der Waals surface area (Å²) in [4.78, 5) is 15.7. The minimum Gasteiger partial charge on any atom is -0.397 e. The summed E-state index contributed by atoms with van der Waals surface area (Å²) < 4.78 is 0. The third-order valence-electron chi connectivity index (χ3n) is 2.21. The highest BCUT2D eigenvalue weighted by atomic mass is 35.5. The zero-order valence-electron chi connectivity index (χ0n) is 8.99. The van der Waals surface area contributed by atoms with E-state index in [-0.39, 0.29) is 22.3 Å². The lowest BCUT2D eigenvalue weighted by Gasteiger charge is -2.06. The highest BCUT2D eigenvalue weighted by molar-refractivity contribution is 6.30. The monoisotopic (exact) mass is 251 g/mol. The minimum absolute atomic E-state index is 0.214. The highest BCUT2D eigenvalue weighted by Gasteiger charge is 2.13. The van der Waals surface area contributed by atoms with Gasteiger partial charge in [0, 0.05) is 5.56 Å². The average Bonchev–Trinajstić information content (AvgIpc) is 2.68. The number of anilines is 2. The van der Waals surface area contributed by atoms with Gasteiger partial charge >= 0.3 is 0 Å². The van der Waals surface area contributed by atoms with Gasteiger partial charge in [0.15, 0.2) is 0 Å². The molecular weight excluding hydrogens is 242 g/mol. The van der Waals surface area contributed by atoms with E-state index in [4.69, 9.17) is 17.3 Å². The topological polar surface area (TPSA) is 96.7 Å². The summed E-state index contributed by atoms with van der Waals surface area (Å²) in [7, 11) is 0. The van der Waals surface area contributed by atoms with Crippen molar-refractivity contribution in [2.45, 2.75) is 6.92 Å². The first-order valence-corrected chi connectivity index (χ1v) is 5.18. The van der Waals surface area contributed by atoms with Crippen LogP contribution >= 0.6 is 11.6 Å². The fraction of sp³-hybridized carbons (Fsp3) is 0.100. The van der Waals surface area contributed by atoms with Gasteiger partial charge in [-0.15, -0.1) is 0 Å². The maximum Gasteiger partial charge on any atom is 0.259 e. The molecule has 0 fully saturated rings. The number of nitrogens with zero attached hydrogens (tertiary/aromatic N) is 2. The van der Waals surface area contributed by atoms with E-state index in [2.05, 4.69) is 20.5 Å². The molecule has 0 aromatic carbocycles. The van der Waals surface area contributed by atoms with Crippen molar-refractivity contribution in [2.75, 3.05) is 11.1 Å². The molecule has 2 aromatic heterocycles. The van der Waals surface area contributed by atoms with E-state index < -0.39 is 0 Å². The number of aromatic nitrogens is 3. The Bertz CT molecular complexity index is 566. The van der Waals surface area contributed by atoms with Crippen LogP contribution in [0.25, 0.3) is 0 Å². The first kappa shape index (κ1) is 11.4. The molecule has 0 radical (unpaired) electrons. The van der Waals surface area contributed by atoms with E-state index in [9.17, 15) is 4.79 Å². The molecule has 0 aliphatic heterocycles. The number of rotatable bonds is 2. The summed E-state index contributed by atoms with van der Waals surface area (Å²) in [6.07, 6.45) is 2.95. The lowest BCUT2D eigenvalue weighted by Crippen LogP contribution is -2.15. The number of amides is 1. The number of halogens is 1. The summed E-state index contributed by atoms with van der Waals surface area (Å²) in [6, 6.07) is 1.41. The second-order valence-corrected chi connectivity index (χ2v) is 3.86. The number of nitrogen functional groups attached to an aromatic ring is 1. The van der Waals surface area contributed by atoms with Crippen molar-refractivity contribution in [3.8, 4) is 0 Å². The van der Waals surface area contributed by atoms with Crippen LogP contribution in [-0.2, 0) is 0 Å². The first-order chi connectivity index (χ1) is 8.08. The molecule has 1 amide bonds. The van der Waals surface area contributed by atoms with E-state index in [0.717, 1.165) is 5.56 Å². The van der Waals surface area contributed by atoms with Gasteiger partial charge in [-0.05, 0) is 13.0 Å². The van der Waals surface area contributed by atoms with Crippen LogP contribution in [0.15, 0.2) is 18.5 Å². The number of H-pyrrole nitrogens is 1. The summed E-state index contributed by atoms with van der Waals surface area (Å²) in [5, 5.41) is 9.33. The van der Waals surface area contributed by atoms with Crippen molar-refractivity contribution in [1.29, 1.82) is 0 Å². The second-order valence-electron chi connectivity index (χ2n) is 3.48. The van der Waals surface area contributed by atoms with Crippen LogP contribution in [0.3, 0.4) is 0 Å². The van der Waals surface area contributed by atoms with E-state index in [1.807, 2.05) is 6.92 Å². The molecule has 17 heavy (non-hydrogen) atoms. The highest BCUT2D eigenvalue weighted by Crippen LogP contribution is 2.17. The molecule has 2 heterocycles. The van der Waals surface area contributed by atoms with Gasteiger partial charge in [-0.2, -0.15) is 5.10 Å². The Hall–Kier alpha value is -2.08. The van der Waals surface area contributed by atoms with Crippen LogP contribution < -0.4 is 11.1 Å². The number of hydrogen-bond acceptors (Lipinski definition) is 4. The zero-order chi connectivity index (χ0) is 12.4. The van der Waals surface area contributed by atoms with Crippen molar-refractivity contribution < 1.29 is 4.79 Å². The van der Waals surface area contributed by atoms with Gasteiger partial charge in [-0.25, -0.2) is 4.98 Å². The Morgan fingerprint density at radius 1 is 1.53 bits per heavy atom. The first-order valence-electron chi connectivity index (χ1n) is 4.80. The maximum atomic E-state index is 11.9. The van der Waals surface area contributed by atoms with Gasteiger partial charge in [0.1, 0.15) is 11.0 Å². The lowest BCUT2D eigenvalue weighted by atomic mass is 10.2. The number of aromatic amines is 1. The molecule has 4 N–H and O–H groups in total. The minimum atomic E-state index is -0.362. The van der Waals surface area contributed by atoms with Crippen LogP contribution in [0, 0.1) is 6.92 Å². The Kier molecular flexibility index (Phi) is 2.97. The molecule has 88 valence electrons. The molecule has 2 rings (SSSR count). The van der Waals surface area contributed by atoms with Crippen LogP contribution in [-0.4, -0.2) is 21.1 Å². The number of carbonyl (C=O) groups excluding carboxylic acids is 1. The molecule has 0 bridgehead atoms. The molecular formula is C10H10ClN5O. The predicted molar refractivity (Wildman–Crippen MR) is 64.9 cm³/mol. The Balaban J connectivity index is 2.26. The summed E-state index contributed by atoms with van der Waals surface area (Å²) in [5.74, 6) is 0.168. The van der Waals surface area contributed by atoms with Crippen LogP contribution in [0.5, 0.6) is 0 Å². The lowest BCUT2D eigenvalue weighted by molar-refractivity contribution is 0.102. The van der Waals surface area contributed by atoms with Crippen molar-refractivity contribution >= 4 is 29.0 Å². The quantitative estimate of drug-likeness (QED) is 0.706. The Morgan fingerprint density at radius 3 is 2.94 bits per heavy atom. The number of hydrogen-bond donors (Lipinski definition) is 3. The van der Waals surface area contributed by atoms with Crippen molar-refractivity contribution in [3.63, 3.8) is 0 Å². The number of nitrogens with one attached hydrogen (secondary N) is 2. The van der Waals surface area contributed by atoms with Gasteiger partial charge in [0.05, 0.1) is 23.6 Å². The van der Waals surface area contributed by atoms with E-state index in [1.54, 1.807) is 6.20 Å². The largest absolute Gasteiger partial charge is 0.397 e. The van der Waals surface area contributed by atoms with Crippen molar-refractivity contribution in [2.24, 2.45) is 0 Å². The fourth-order valence-corrected chi connectivity index (χ4v) is 1.45. The van der Waals surface area contributed by atoms with Crippen LogP contribution in [0.1, 0.15) is 15.9 Å². The van der Waals surface area contributed by atoms with Crippen LogP contribution in [0.2, 0.25) is 5.15 Å². The van der Waals surface area contributed by atoms with Gasteiger partial charge in [0.25, 0.3) is 5.91 Å². The Morgan fingerprint density at radius 2 is 2.29 bits per heavy atom. The van der Waals surface area contributed by atoms with Crippen molar-refractivity contribution in [1.82, 2.24) is 15.2 Å². The van der Waals surface area contributed by atoms with E-state index in [1.165, 1.54) is 12.3 Å². The molecule has 0 atom stereocenters. The molecule has 0 unspecified atom stereocenters. The molecule has 2 aromatic rings. The molecule has 0 aliphatic carbocycles. The number of aryl methyl sites for hydroxylation is 1. The SMILES string of the molecule is Cc1cn[nH]c1NC(=O)c1cc(Cl)ncc1N.